The summed E-state index contributed by atoms with van der Waals surface area (Å²) in [6, 6.07) is 29.6. The van der Waals surface area contributed by atoms with Crippen molar-refractivity contribution in [1.29, 1.82) is 0 Å². The van der Waals surface area contributed by atoms with E-state index in [2.05, 4.69) is 17.0 Å². The molecule has 0 spiro atoms. The Labute approximate surface area is 265 Å². The van der Waals surface area contributed by atoms with Crippen LogP contribution in [0.2, 0.25) is 0 Å². The quantitative estimate of drug-likeness (QED) is 0.239. The second-order valence-electron chi connectivity index (χ2n) is 11.8. The highest BCUT2D eigenvalue weighted by molar-refractivity contribution is 5.95. The summed E-state index contributed by atoms with van der Waals surface area (Å²) in [6.07, 6.45) is 6.47. The Morgan fingerprint density at radius 2 is 1.60 bits per heavy atom. The average Bonchev–Trinajstić information content (AvgIpc) is 3.10. The van der Waals surface area contributed by atoms with Gasteiger partial charge in [-0.25, -0.2) is 4.98 Å². The summed E-state index contributed by atoms with van der Waals surface area (Å²) in [5.74, 6) is 0.644. The van der Waals surface area contributed by atoms with Gasteiger partial charge in [-0.15, -0.1) is 0 Å². The van der Waals surface area contributed by atoms with E-state index in [-0.39, 0.29) is 18.4 Å². The Morgan fingerprint density at radius 3 is 2.33 bits per heavy atom. The summed E-state index contributed by atoms with van der Waals surface area (Å²) in [7, 11) is 0. The fourth-order valence-corrected chi connectivity index (χ4v) is 6.03. The standard InChI is InChI=1S/C38H40N4O3/c1-29-11-13-30(14-12-29)16-18-37(43)42(27-32-15-17-36(39-26-32)40-21-23-45-24-22-40)35(25-31-7-3-2-4-8-31)38(44)41-20-19-33-9-5-6-10-34(33)28-41/h2-18,26,35H,19-25,27-28H2,1H3. The predicted molar refractivity (Wildman–Crippen MR) is 178 cm³/mol. The van der Waals surface area contributed by atoms with Gasteiger partial charge in [0.2, 0.25) is 11.8 Å². The zero-order chi connectivity index (χ0) is 31.0. The average molecular weight is 601 g/mol. The van der Waals surface area contributed by atoms with Gasteiger partial charge in [0.15, 0.2) is 0 Å². The molecule has 45 heavy (non-hydrogen) atoms. The second kappa shape index (κ2) is 14.4. The number of anilines is 1. The van der Waals surface area contributed by atoms with E-state index in [1.807, 2.05) is 103 Å². The lowest BCUT2D eigenvalue weighted by Gasteiger charge is -2.37. The van der Waals surface area contributed by atoms with Crippen LogP contribution in [-0.2, 0) is 40.3 Å². The molecule has 1 saturated heterocycles. The van der Waals surface area contributed by atoms with Crippen LogP contribution in [0.5, 0.6) is 0 Å². The zero-order valence-electron chi connectivity index (χ0n) is 25.8. The highest BCUT2D eigenvalue weighted by Gasteiger charge is 2.34. The smallest absolute Gasteiger partial charge is 0.247 e. The Morgan fingerprint density at radius 1 is 0.867 bits per heavy atom. The summed E-state index contributed by atoms with van der Waals surface area (Å²) in [6.45, 7) is 6.43. The number of ether oxygens (including phenoxy) is 1. The molecule has 2 aliphatic heterocycles. The maximum Gasteiger partial charge on any atom is 0.247 e. The molecule has 3 heterocycles. The van der Waals surface area contributed by atoms with Crippen LogP contribution in [-0.4, -0.2) is 65.5 Å². The van der Waals surface area contributed by atoms with Gasteiger partial charge in [-0.3, -0.25) is 9.59 Å². The fourth-order valence-electron chi connectivity index (χ4n) is 6.03. The Bertz CT molecular complexity index is 1610. The first-order valence-electron chi connectivity index (χ1n) is 15.8. The van der Waals surface area contributed by atoms with Gasteiger partial charge in [0.1, 0.15) is 11.9 Å². The van der Waals surface area contributed by atoms with Crippen molar-refractivity contribution in [2.24, 2.45) is 0 Å². The Balaban J connectivity index is 1.32. The van der Waals surface area contributed by atoms with Gasteiger partial charge in [0.05, 0.1) is 13.2 Å². The summed E-state index contributed by atoms with van der Waals surface area (Å²) in [5.41, 5.74) is 6.42. The molecule has 4 aromatic rings. The van der Waals surface area contributed by atoms with E-state index in [0.29, 0.717) is 32.7 Å². The number of rotatable bonds is 9. The lowest BCUT2D eigenvalue weighted by atomic mass is 9.97. The number of aryl methyl sites for hydroxylation is 1. The van der Waals surface area contributed by atoms with E-state index in [1.54, 1.807) is 11.0 Å². The van der Waals surface area contributed by atoms with Crippen molar-refractivity contribution in [3.8, 4) is 0 Å². The Hall–Kier alpha value is -4.75. The third-order valence-electron chi connectivity index (χ3n) is 8.65. The third kappa shape index (κ3) is 7.67. The van der Waals surface area contributed by atoms with Gasteiger partial charge in [-0.1, -0.05) is 90.5 Å². The molecule has 0 bridgehead atoms. The molecule has 0 aliphatic carbocycles. The molecular formula is C38H40N4O3. The monoisotopic (exact) mass is 600 g/mol. The maximum atomic E-state index is 14.5. The number of hydrogen-bond acceptors (Lipinski definition) is 5. The Kier molecular flexibility index (Phi) is 9.66. The van der Waals surface area contributed by atoms with Gasteiger partial charge < -0.3 is 19.4 Å². The van der Waals surface area contributed by atoms with E-state index in [1.165, 1.54) is 5.56 Å². The highest BCUT2D eigenvalue weighted by atomic mass is 16.5. The topological polar surface area (TPSA) is 66.0 Å². The first-order valence-corrected chi connectivity index (χ1v) is 15.8. The molecule has 3 aromatic carbocycles. The van der Waals surface area contributed by atoms with Crippen molar-refractivity contribution in [2.75, 3.05) is 37.7 Å². The molecule has 1 atom stereocenters. The largest absolute Gasteiger partial charge is 0.378 e. The van der Waals surface area contributed by atoms with Crippen molar-refractivity contribution in [3.05, 3.63) is 137 Å². The number of amides is 2. The summed E-state index contributed by atoms with van der Waals surface area (Å²) < 4.78 is 5.50. The first-order chi connectivity index (χ1) is 22.0. The minimum absolute atomic E-state index is 0.0386. The molecule has 1 unspecified atom stereocenters. The number of aromatic nitrogens is 1. The molecule has 0 N–H and O–H groups in total. The predicted octanol–water partition coefficient (Wildman–Crippen LogP) is 5.46. The van der Waals surface area contributed by atoms with Gasteiger partial charge >= 0.3 is 0 Å². The van der Waals surface area contributed by atoms with Crippen molar-refractivity contribution in [3.63, 3.8) is 0 Å². The van der Waals surface area contributed by atoms with Crippen LogP contribution in [0.4, 0.5) is 5.82 Å². The van der Waals surface area contributed by atoms with Gasteiger partial charge in [-0.05, 0) is 53.3 Å². The van der Waals surface area contributed by atoms with E-state index in [4.69, 9.17) is 9.72 Å². The molecule has 7 nitrogen and oxygen atoms in total. The lowest BCUT2D eigenvalue weighted by Crippen LogP contribution is -2.52. The molecule has 230 valence electrons. The SMILES string of the molecule is Cc1ccc(C=CC(=O)N(Cc2ccc(N3CCOCC3)nc2)C(Cc2ccccc2)C(=O)N2CCc3ccccc3C2)cc1. The molecule has 1 aromatic heterocycles. The molecule has 6 rings (SSSR count). The van der Waals surface area contributed by atoms with Crippen LogP contribution in [0.15, 0.2) is 103 Å². The molecule has 7 heteroatoms. The number of carbonyl (C=O) groups is 2. The number of morpholine rings is 1. The van der Waals surface area contributed by atoms with Crippen LogP contribution in [0.25, 0.3) is 6.08 Å². The lowest BCUT2D eigenvalue weighted by molar-refractivity contribution is -0.144. The van der Waals surface area contributed by atoms with Crippen molar-refractivity contribution in [1.82, 2.24) is 14.8 Å². The second-order valence-corrected chi connectivity index (χ2v) is 11.8. The minimum atomic E-state index is -0.688. The van der Waals surface area contributed by atoms with Crippen molar-refractivity contribution >= 4 is 23.7 Å². The summed E-state index contributed by atoms with van der Waals surface area (Å²) >= 11 is 0. The van der Waals surface area contributed by atoms with Crippen LogP contribution < -0.4 is 4.90 Å². The maximum absolute atomic E-state index is 14.5. The van der Waals surface area contributed by atoms with E-state index >= 15 is 0 Å². The zero-order valence-corrected chi connectivity index (χ0v) is 25.8. The first kappa shape index (κ1) is 30.3. The molecular weight excluding hydrogens is 560 g/mol. The minimum Gasteiger partial charge on any atom is -0.378 e. The van der Waals surface area contributed by atoms with Gasteiger partial charge in [-0.2, -0.15) is 0 Å². The molecule has 0 radical (unpaired) electrons. The molecule has 1 fully saturated rings. The van der Waals surface area contributed by atoms with Gasteiger partial charge in [0.25, 0.3) is 0 Å². The number of fused-ring (bicyclic) bond motifs is 1. The van der Waals surface area contributed by atoms with Crippen LogP contribution >= 0.6 is 0 Å². The van der Waals surface area contributed by atoms with E-state index < -0.39 is 6.04 Å². The summed E-state index contributed by atoms with van der Waals surface area (Å²) in [5, 5.41) is 0. The fraction of sp³-hybridized carbons (Fsp3) is 0.289. The molecule has 2 aliphatic rings. The number of hydrogen-bond donors (Lipinski definition) is 0. The normalized spacial score (nSPS) is 15.5. The van der Waals surface area contributed by atoms with E-state index in [9.17, 15) is 9.59 Å². The van der Waals surface area contributed by atoms with Crippen molar-refractivity contribution < 1.29 is 14.3 Å². The molecule has 2 amide bonds. The van der Waals surface area contributed by atoms with Crippen LogP contribution in [0.1, 0.15) is 33.4 Å². The van der Waals surface area contributed by atoms with E-state index in [0.717, 1.165) is 53.1 Å². The number of benzene rings is 3. The number of pyridine rings is 1. The number of carbonyl (C=O) groups excluding carboxylic acids is 2. The van der Waals surface area contributed by atoms with Crippen LogP contribution in [0, 0.1) is 6.92 Å². The van der Waals surface area contributed by atoms with Crippen LogP contribution in [0.3, 0.4) is 0 Å². The number of nitrogens with zero attached hydrogens (tertiary/aromatic N) is 4. The summed E-state index contributed by atoms with van der Waals surface area (Å²) in [4.78, 5) is 39.2. The molecule has 0 saturated carbocycles. The third-order valence-corrected chi connectivity index (χ3v) is 8.65. The highest BCUT2D eigenvalue weighted by Crippen LogP contribution is 2.23. The van der Waals surface area contributed by atoms with Crippen molar-refractivity contribution in [2.45, 2.75) is 38.9 Å². The van der Waals surface area contributed by atoms with Gasteiger partial charge in [0, 0.05) is 51.4 Å².